The SMILES string of the molecule is CCCN1Cc2nc3c(-c4ccc5ncccc5c4)cccc3c(N)c2C1=O. The van der Waals surface area contributed by atoms with Crippen LogP contribution in [0.25, 0.3) is 32.9 Å². The number of carbonyl (C=O) groups excluding carboxylic acids is 1. The Kier molecular flexibility index (Phi) is 3.76. The molecule has 0 aliphatic carbocycles. The number of pyridine rings is 2. The van der Waals surface area contributed by atoms with Crippen molar-refractivity contribution in [1.29, 1.82) is 0 Å². The van der Waals surface area contributed by atoms with E-state index in [2.05, 4.69) is 36.2 Å². The second-order valence-electron chi connectivity index (χ2n) is 7.19. The number of hydrogen-bond acceptors (Lipinski definition) is 4. The molecule has 0 spiro atoms. The largest absolute Gasteiger partial charge is 0.397 e. The van der Waals surface area contributed by atoms with Crippen LogP contribution in [0.2, 0.25) is 0 Å². The van der Waals surface area contributed by atoms with Crippen LogP contribution < -0.4 is 5.73 Å². The summed E-state index contributed by atoms with van der Waals surface area (Å²) in [5.41, 5.74) is 12.2. The van der Waals surface area contributed by atoms with Crippen molar-refractivity contribution < 1.29 is 4.79 Å². The molecule has 0 saturated carbocycles. The third-order valence-corrected chi connectivity index (χ3v) is 5.38. The fourth-order valence-electron chi connectivity index (χ4n) is 4.05. The molecular formula is C23H20N4O. The van der Waals surface area contributed by atoms with Crippen LogP contribution in [0, 0.1) is 0 Å². The predicted molar refractivity (Wildman–Crippen MR) is 112 cm³/mol. The molecule has 5 nitrogen and oxygen atoms in total. The van der Waals surface area contributed by atoms with Crippen LogP contribution in [0.4, 0.5) is 5.69 Å². The van der Waals surface area contributed by atoms with Crippen LogP contribution >= 0.6 is 0 Å². The minimum atomic E-state index is -0.00840. The molecule has 2 aromatic carbocycles. The fourth-order valence-corrected chi connectivity index (χ4v) is 4.05. The van der Waals surface area contributed by atoms with Crippen molar-refractivity contribution in [3.8, 4) is 11.1 Å². The molecule has 2 aromatic heterocycles. The Morgan fingerprint density at radius 2 is 2.04 bits per heavy atom. The number of fused-ring (bicyclic) bond motifs is 3. The first-order chi connectivity index (χ1) is 13.7. The lowest BCUT2D eigenvalue weighted by molar-refractivity contribution is 0.0779. The average Bonchev–Trinajstić information content (AvgIpc) is 3.03. The van der Waals surface area contributed by atoms with Gasteiger partial charge >= 0.3 is 0 Å². The van der Waals surface area contributed by atoms with E-state index >= 15 is 0 Å². The summed E-state index contributed by atoms with van der Waals surface area (Å²) in [6.45, 7) is 3.31. The molecule has 0 bridgehead atoms. The Morgan fingerprint density at radius 3 is 2.89 bits per heavy atom. The van der Waals surface area contributed by atoms with Gasteiger partial charge in [-0.15, -0.1) is 0 Å². The number of nitrogen functional groups attached to an aromatic ring is 1. The van der Waals surface area contributed by atoms with Crippen LogP contribution in [0.15, 0.2) is 54.7 Å². The lowest BCUT2D eigenvalue weighted by Gasteiger charge is -2.13. The number of aromatic nitrogens is 2. The summed E-state index contributed by atoms with van der Waals surface area (Å²) in [5, 5.41) is 1.91. The quantitative estimate of drug-likeness (QED) is 0.582. The fraction of sp³-hybridized carbons (Fsp3) is 0.174. The van der Waals surface area contributed by atoms with Crippen molar-refractivity contribution in [2.75, 3.05) is 12.3 Å². The molecule has 138 valence electrons. The molecule has 0 unspecified atom stereocenters. The van der Waals surface area contributed by atoms with E-state index in [1.807, 2.05) is 29.2 Å². The van der Waals surface area contributed by atoms with E-state index in [1.54, 1.807) is 6.20 Å². The van der Waals surface area contributed by atoms with Gasteiger partial charge in [-0.1, -0.05) is 37.3 Å². The summed E-state index contributed by atoms with van der Waals surface area (Å²) in [6.07, 6.45) is 2.71. The van der Waals surface area contributed by atoms with Gasteiger partial charge in [0.05, 0.1) is 34.5 Å². The van der Waals surface area contributed by atoms with Crippen LogP contribution in [-0.2, 0) is 6.54 Å². The molecule has 1 aliphatic rings. The third-order valence-electron chi connectivity index (χ3n) is 5.38. The van der Waals surface area contributed by atoms with Crippen LogP contribution in [0.1, 0.15) is 29.4 Å². The van der Waals surface area contributed by atoms with Crippen molar-refractivity contribution in [3.63, 3.8) is 0 Å². The number of anilines is 1. The highest BCUT2D eigenvalue weighted by Crippen LogP contribution is 2.37. The summed E-state index contributed by atoms with van der Waals surface area (Å²) in [4.78, 5) is 23.9. The molecule has 0 radical (unpaired) electrons. The van der Waals surface area contributed by atoms with E-state index in [0.717, 1.165) is 51.6 Å². The maximum Gasteiger partial charge on any atom is 0.258 e. The molecule has 3 heterocycles. The summed E-state index contributed by atoms with van der Waals surface area (Å²) in [5.74, 6) is -0.00840. The molecular weight excluding hydrogens is 348 g/mol. The smallest absolute Gasteiger partial charge is 0.258 e. The number of nitrogens with two attached hydrogens (primary N) is 1. The molecule has 1 amide bonds. The molecule has 4 aromatic rings. The zero-order chi connectivity index (χ0) is 19.3. The number of carbonyl (C=O) groups is 1. The number of amides is 1. The Morgan fingerprint density at radius 1 is 1.14 bits per heavy atom. The first-order valence-electron chi connectivity index (χ1n) is 9.53. The Labute approximate surface area is 162 Å². The van der Waals surface area contributed by atoms with Gasteiger partial charge in [0.25, 0.3) is 5.91 Å². The first-order valence-corrected chi connectivity index (χ1v) is 9.53. The minimum absolute atomic E-state index is 0.00840. The number of rotatable bonds is 3. The van der Waals surface area contributed by atoms with Gasteiger partial charge in [-0.2, -0.15) is 0 Å². The van der Waals surface area contributed by atoms with Gasteiger partial charge in [0.2, 0.25) is 0 Å². The van der Waals surface area contributed by atoms with Crippen molar-refractivity contribution in [2.45, 2.75) is 19.9 Å². The standard InChI is InChI=1S/C23H20N4O/c1-2-11-27-13-19-20(23(27)28)21(24)17-7-3-6-16(22(17)26-19)14-8-9-18-15(12-14)5-4-10-25-18/h3-10,12H,2,11,13H2,1H3,(H2,24,26). The van der Waals surface area contributed by atoms with Gasteiger partial charge in [-0.25, -0.2) is 4.98 Å². The van der Waals surface area contributed by atoms with E-state index in [1.165, 1.54) is 0 Å². The van der Waals surface area contributed by atoms with Crippen molar-refractivity contribution in [2.24, 2.45) is 0 Å². The lowest BCUT2D eigenvalue weighted by atomic mass is 9.98. The van der Waals surface area contributed by atoms with Crippen molar-refractivity contribution in [1.82, 2.24) is 14.9 Å². The summed E-state index contributed by atoms with van der Waals surface area (Å²) in [7, 11) is 0. The van der Waals surface area contributed by atoms with Crippen LogP contribution in [0.5, 0.6) is 0 Å². The van der Waals surface area contributed by atoms with Gasteiger partial charge in [0.15, 0.2) is 0 Å². The second kappa shape index (κ2) is 6.30. The number of para-hydroxylation sites is 1. The molecule has 0 fully saturated rings. The highest BCUT2D eigenvalue weighted by atomic mass is 16.2. The van der Waals surface area contributed by atoms with Crippen LogP contribution in [0.3, 0.4) is 0 Å². The highest BCUT2D eigenvalue weighted by molar-refractivity contribution is 6.11. The monoisotopic (exact) mass is 368 g/mol. The van der Waals surface area contributed by atoms with Gasteiger partial charge in [0.1, 0.15) is 0 Å². The van der Waals surface area contributed by atoms with E-state index in [4.69, 9.17) is 10.7 Å². The lowest BCUT2D eigenvalue weighted by Crippen LogP contribution is -2.24. The third kappa shape index (κ3) is 2.43. The zero-order valence-electron chi connectivity index (χ0n) is 15.6. The summed E-state index contributed by atoms with van der Waals surface area (Å²) >= 11 is 0. The summed E-state index contributed by atoms with van der Waals surface area (Å²) in [6, 6.07) is 16.2. The highest BCUT2D eigenvalue weighted by Gasteiger charge is 2.31. The number of hydrogen-bond donors (Lipinski definition) is 1. The molecule has 28 heavy (non-hydrogen) atoms. The van der Waals surface area contributed by atoms with E-state index in [-0.39, 0.29) is 5.91 Å². The Bertz CT molecular complexity index is 1250. The van der Waals surface area contributed by atoms with Crippen molar-refractivity contribution >= 4 is 33.4 Å². The topological polar surface area (TPSA) is 72.1 Å². The normalized spacial score (nSPS) is 13.5. The Hall–Kier alpha value is -3.47. The number of nitrogens with zero attached hydrogens (tertiary/aromatic N) is 3. The van der Waals surface area contributed by atoms with E-state index < -0.39 is 0 Å². The molecule has 2 N–H and O–H groups in total. The Balaban J connectivity index is 1.72. The maximum atomic E-state index is 12.8. The van der Waals surface area contributed by atoms with Gasteiger partial charge in [-0.3, -0.25) is 9.78 Å². The first kappa shape index (κ1) is 16.7. The second-order valence-corrected chi connectivity index (χ2v) is 7.19. The summed E-state index contributed by atoms with van der Waals surface area (Å²) < 4.78 is 0. The maximum absolute atomic E-state index is 12.8. The predicted octanol–water partition coefficient (Wildman–Crippen LogP) is 4.40. The molecule has 1 aliphatic heterocycles. The minimum Gasteiger partial charge on any atom is -0.397 e. The van der Waals surface area contributed by atoms with Crippen molar-refractivity contribution in [3.05, 3.63) is 66.0 Å². The van der Waals surface area contributed by atoms with Gasteiger partial charge in [0, 0.05) is 29.1 Å². The molecule has 0 atom stereocenters. The zero-order valence-corrected chi connectivity index (χ0v) is 15.6. The van der Waals surface area contributed by atoms with Gasteiger partial charge < -0.3 is 10.6 Å². The molecule has 5 heteroatoms. The number of benzene rings is 2. The van der Waals surface area contributed by atoms with Crippen LogP contribution in [-0.4, -0.2) is 27.3 Å². The van der Waals surface area contributed by atoms with E-state index in [0.29, 0.717) is 17.8 Å². The average molecular weight is 368 g/mol. The molecule has 0 saturated heterocycles. The van der Waals surface area contributed by atoms with E-state index in [9.17, 15) is 4.79 Å². The molecule has 5 rings (SSSR count). The van der Waals surface area contributed by atoms with Gasteiger partial charge in [-0.05, 0) is 30.2 Å².